The fourth-order valence-electron chi connectivity index (χ4n) is 3.78. The van der Waals surface area contributed by atoms with Crippen LogP contribution >= 0.6 is 11.3 Å². The van der Waals surface area contributed by atoms with Gasteiger partial charge in [0.2, 0.25) is 0 Å². The molecule has 2 heterocycles. The normalized spacial score (nSPS) is 18.0. The summed E-state index contributed by atoms with van der Waals surface area (Å²) in [5.74, 6) is -0.565. The number of hydrogen-bond acceptors (Lipinski definition) is 5. The van der Waals surface area contributed by atoms with E-state index in [2.05, 4.69) is 6.92 Å². The largest absolute Gasteiger partial charge is 0.507 e. The molecule has 1 aromatic carbocycles. The van der Waals surface area contributed by atoms with Crippen LogP contribution in [0.5, 0.6) is 5.75 Å². The molecule has 0 bridgehead atoms. The fourth-order valence-corrected chi connectivity index (χ4v) is 4.83. The van der Waals surface area contributed by atoms with Gasteiger partial charge in [-0.2, -0.15) is 0 Å². The number of unbranched alkanes of at least 4 members (excludes halogenated alkanes) is 3. The van der Waals surface area contributed by atoms with E-state index in [1.54, 1.807) is 29.2 Å². The predicted molar refractivity (Wildman–Crippen MR) is 124 cm³/mol. The van der Waals surface area contributed by atoms with Gasteiger partial charge in [-0.05, 0) is 61.0 Å². The molecular formula is C25H31NO4S. The lowest BCUT2D eigenvalue weighted by atomic mass is 9.98. The highest BCUT2D eigenvalue weighted by Crippen LogP contribution is 2.42. The summed E-state index contributed by atoms with van der Waals surface area (Å²) < 4.78 is 5.74. The smallest absolute Gasteiger partial charge is 0.295 e. The number of hydrogen-bond donors (Lipinski definition) is 1. The molecule has 0 aliphatic carbocycles. The number of aliphatic hydroxyl groups is 1. The second-order valence-electron chi connectivity index (χ2n) is 7.89. The Morgan fingerprint density at radius 3 is 2.39 bits per heavy atom. The van der Waals surface area contributed by atoms with Crippen molar-refractivity contribution in [1.82, 2.24) is 4.90 Å². The highest BCUT2D eigenvalue weighted by Gasteiger charge is 2.46. The van der Waals surface area contributed by atoms with Crippen molar-refractivity contribution in [1.29, 1.82) is 0 Å². The first-order valence-corrected chi connectivity index (χ1v) is 11.9. The number of Topliss-reactive ketones (excluding diaryl/α,β-unsaturated/α-hetero) is 1. The number of carbonyl (C=O) groups is 2. The zero-order valence-corrected chi connectivity index (χ0v) is 19.3. The van der Waals surface area contributed by atoms with Gasteiger partial charge in [0.05, 0.1) is 18.2 Å². The maximum Gasteiger partial charge on any atom is 0.295 e. The zero-order chi connectivity index (χ0) is 22.4. The number of likely N-dealkylation sites (tertiary alicyclic amines) is 1. The third-order valence-corrected chi connectivity index (χ3v) is 6.66. The van der Waals surface area contributed by atoms with E-state index in [4.69, 9.17) is 4.74 Å². The molecule has 6 heteroatoms. The average Bonchev–Trinajstić information content (AvgIpc) is 3.30. The SMILES string of the molecule is CCCCCOc1ccc(/C(O)=C2/C(=O)C(=O)N(CCCC)C2c2sccc2C)cc1. The van der Waals surface area contributed by atoms with Crippen molar-refractivity contribution < 1.29 is 19.4 Å². The Morgan fingerprint density at radius 2 is 1.77 bits per heavy atom. The van der Waals surface area contributed by atoms with Crippen LogP contribution in [-0.2, 0) is 9.59 Å². The van der Waals surface area contributed by atoms with Crippen LogP contribution in [0.4, 0.5) is 0 Å². The Hall–Kier alpha value is -2.60. The monoisotopic (exact) mass is 441 g/mol. The van der Waals surface area contributed by atoms with Crippen LogP contribution < -0.4 is 4.74 Å². The summed E-state index contributed by atoms with van der Waals surface area (Å²) in [6.07, 6.45) is 4.98. The quantitative estimate of drug-likeness (QED) is 0.217. The maximum atomic E-state index is 13.0. The van der Waals surface area contributed by atoms with Crippen LogP contribution in [0.25, 0.3) is 5.76 Å². The van der Waals surface area contributed by atoms with E-state index in [9.17, 15) is 14.7 Å². The number of aliphatic hydroxyl groups excluding tert-OH is 1. The van der Waals surface area contributed by atoms with Gasteiger partial charge in [-0.3, -0.25) is 9.59 Å². The van der Waals surface area contributed by atoms with Gasteiger partial charge in [0, 0.05) is 17.0 Å². The maximum absolute atomic E-state index is 13.0. The number of nitrogens with zero attached hydrogens (tertiary/aromatic N) is 1. The van der Waals surface area contributed by atoms with Crippen LogP contribution in [0.1, 0.15) is 68.0 Å². The third kappa shape index (κ3) is 5.01. The Labute approximate surface area is 188 Å². The third-order valence-electron chi connectivity index (χ3n) is 5.59. The predicted octanol–water partition coefficient (Wildman–Crippen LogP) is 5.85. The van der Waals surface area contributed by atoms with Gasteiger partial charge in [0.15, 0.2) is 0 Å². The lowest BCUT2D eigenvalue weighted by Gasteiger charge is -2.24. The van der Waals surface area contributed by atoms with Crippen molar-refractivity contribution in [2.24, 2.45) is 0 Å². The van der Waals surface area contributed by atoms with E-state index in [1.165, 1.54) is 11.3 Å². The van der Waals surface area contributed by atoms with Gasteiger partial charge >= 0.3 is 0 Å². The van der Waals surface area contributed by atoms with Crippen LogP contribution in [0.15, 0.2) is 41.3 Å². The number of amides is 1. The van der Waals surface area contributed by atoms with E-state index in [-0.39, 0.29) is 11.3 Å². The van der Waals surface area contributed by atoms with Gasteiger partial charge in [0.1, 0.15) is 11.5 Å². The molecule has 1 aromatic heterocycles. The standard InChI is InChI=1S/C25H31NO4S/c1-4-6-8-15-30-19-11-9-18(10-12-19)22(27)20-21(24-17(3)13-16-31-24)26(14-7-5-2)25(29)23(20)28/h9-13,16,21,27H,4-8,14-15H2,1-3H3/b22-20-. The molecule has 3 rings (SSSR count). The summed E-state index contributed by atoms with van der Waals surface area (Å²) in [6.45, 7) is 7.31. The Balaban J connectivity index is 1.94. The Morgan fingerprint density at radius 1 is 1.06 bits per heavy atom. The number of ketones is 1. The first kappa shape index (κ1) is 23.1. The first-order chi connectivity index (χ1) is 15.0. The summed E-state index contributed by atoms with van der Waals surface area (Å²) in [4.78, 5) is 28.3. The molecule has 1 fully saturated rings. The molecule has 0 saturated carbocycles. The number of aryl methyl sites for hydroxylation is 1. The fraction of sp³-hybridized carbons (Fsp3) is 0.440. The van der Waals surface area contributed by atoms with Crippen molar-refractivity contribution >= 4 is 28.8 Å². The second-order valence-corrected chi connectivity index (χ2v) is 8.84. The van der Waals surface area contributed by atoms with Crippen LogP contribution in [0.2, 0.25) is 0 Å². The Kier molecular flexibility index (Phi) is 7.91. The summed E-state index contributed by atoms with van der Waals surface area (Å²) in [6, 6.07) is 8.49. The molecule has 1 N–H and O–H groups in total. The van der Waals surface area contributed by atoms with Gasteiger partial charge in [-0.25, -0.2) is 0 Å². The lowest BCUT2D eigenvalue weighted by Crippen LogP contribution is -2.30. The van der Waals surface area contributed by atoms with Crippen molar-refractivity contribution in [3.8, 4) is 5.75 Å². The molecule has 166 valence electrons. The van der Waals surface area contributed by atoms with Gasteiger partial charge < -0.3 is 14.7 Å². The van der Waals surface area contributed by atoms with E-state index in [0.717, 1.165) is 48.3 Å². The van der Waals surface area contributed by atoms with Crippen molar-refractivity contribution in [3.05, 3.63) is 57.3 Å². The minimum absolute atomic E-state index is 0.132. The van der Waals surface area contributed by atoms with Gasteiger partial charge in [-0.1, -0.05) is 33.1 Å². The summed E-state index contributed by atoms with van der Waals surface area (Å²) in [5.41, 5.74) is 1.69. The summed E-state index contributed by atoms with van der Waals surface area (Å²) >= 11 is 1.51. The van der Waals surface area contributed by atoms with E-state index in [0.29, 0.717) is 18.7 Å². The molecule has 1 aliphatic rings. The number of ether oxygens (including phenoxy) is 1. The lowest BCUT2D eigenvalue weighted by molar-refractivity contribution is -0.139. The number of rotatable bonds is 10. The molecular weight excluding hydrogens is 410 g/mol. The summed E-state index contributed by atoms with van der Waals surface area (Å²) in [7, 11) is 0. The average molecular weight is 442 g/mol. The molecule has 1 aliphatic heterocycles. The van der Waals surface area contributed by atoms with Crippen molar-refractivity contribution in [3.63, 3.8) is 0 Å². The molecule has 2 aromatic rings. The molecule has 31 heavy (non-hydrogen) atoms. The van der Waals surface area contributed by atoms with E-state index in [1.807, 2.05) is 25.3 Å². The highest BCUT2D eigenvalue weighted by atomic mass is 32.1. The number of thiophene rings is 1. The van der Waals surface area contributed by atoms with Crippen LogP contribution in [-0.4, -0.2) is 34.8 Å². The van der Waals surface area contributed by atoms with E-state index >= 15 is 0 Å². The van der Waals surface area contributed by atoms with Crippen LogP contribution in [0, 0.1) is 6.92 Å². The highest BCUT2D eigenvalue weighted by molar-refractivity contribution is 7.10. The summed E-state index contributed by atoms with van der Waals surface area (Å²) in [5, 5.41) is 13.0. The number of benzene rings is 1. The first-order valence-electron chi connectivity index (χ1n) is 11.0. The molecule has 0 spiro atoms. The van der Waals surface area contributed by atoms with Crippen molar-refractivity contribution in [2.45, 2.75) is 58.9 Å². The second kappa shape index (κ2) is 10.6. The van der Waals surface area contributed by atoms with Gasteiger partial charge in [-0.15, -0.1) is 11.3 Å². The van der Waals surface area contributed by atoms with E-state index < -0.39 is 17.7 Å². The van der Waals surface area contributed by atoms with Crippen LogP contribution in [0.3, 0.4) is 0 Å². The minimum atomic E-state index is -0.619. The Bertz CT molecular complexity index is 945. The number of carbonyl (C=O) groups excluding carboxylic acids is 2. The molecule has 1 amide bonds. The molecule has 1 unspecified atom stereocenters. The molecule has 1 atom stereocenters. The molecule has 0 radical (unpaired) electrons. The minimum Gasteiger partial charge on any atom is -0.507 e. The topological polar surface area (TPSA) is 66.8 Å². The molecule has 1 saturated heterocycles. The van der Waals surface area contributed by atoms with Crippen molar-refractivity contribution in [2.75, 3.05) is 13.2 Å². The van der Waals surface area contributed by atoms with Gasteiger partial charge in [0.25, 0.3) is 11.7 Å². The molecule has 5 nitrogen and oxygen atoms in total. The zero-order valence-electron chi connectivity index (χ0n) is 18.5.